The Bertz CT molecular complexity index is 167. The summed E-state index contributed by atoms with van der Waals surface area (Å²) in [7, 11) is 2.29. The molecule has 0 aromatic rings. The maximum atomic E-state index is 6.13. The van der Waals surface area contributed by atoms with Crippen LogP contribution >= 0.6 is 0 Å². The molecule has 2 heterocycles. The van der Waals surface area contributed by atoms with Crippen molar-refractivity contribution in [1.82, 2.24) is 4.90 Å². The molecule has 2 unspecified atom stereocenters. The lowest BCUT2D eigenvalue weighted by molar-refractivity contribution is 0.120. The van der Waals surface area contributed by atoms with Crippen molar-refractivity contribution in [3.63, 3.8) is 0 Å². The Labute approximate surface area is 81.5 Å². The van der Waals surface area contributed by atoms with E-state index in [0.29, 0.717) is 6.04 Å². The Morgan fingerprint density at radius 2 is 1.85 bits per heavy atom. The summed E-state index contributed by atoms with van der Waals surface area (Å²) in [5.41, 5.74) is 6.13. The molecule has 2 bridgehead atoms. The minimum absolute atomic E-state index is 0.455. The summed E-state index contributed by atoms with van der Waals surface area (Å²) >= 11 is 0. The number of piperidine rings is 1. The molecule has 0 amide bonds. The van der Waals surface area contributed by atoms with E-state index in [1.54, 1.807) is 0 Å². The molecule has 2 heteroatoms. The Morgan fingerprint density at radius 3 is 2.31 bits per heavy atom. The lowest BCUT2D eigenvalue weighted by Crippen LogP contribution is -2.45. The van der Waals surface area contributed by atoms with Crippen LogP contribution in [0.25, 0.3) is 0 Å². The van der Waals surface area contributed by atoms with Crippen molar-refractivity contribution in [2.45, 2.75) is 57.2 Å². The van der Waals surface area contributed by atoms with Crippen molar-refractivity contribution in [3.8, 4) is 0 Å². The molecule has 2 aliphatic heterocycles. The molecule has 0 spiro atoms. The summed E-state index contributed by atoms with van der Waals surface area (Å²) < 4.78 is 0. The highest BCUT2D eigenvalue weighted by atomic mass is 15.2. The molecule has 0 saturated carbocycles. The Morgan fingerprint density at radius 1 is 1.31 bits per heavy atom. The number of rotatable bonds is 2. The van der Waals surface area contributed by atoms with Crippen LogP contribution in [0.5, 0.6) is 0 Å². The van der Waals surface area contributed by atoms with Crippen LogP contribution in [0.1, 0.15) is 39.0 Å². The molecule has 0 aliphatic carbocycles. The quantitative estimate of drug-likeness (QED) is 0.703. The van der Waals surface area contributed by atoms with Gasteiger partial charge in [0.1, 0.15) is 0 Å². The molecular weight excluding hydrogens is 160 g/mol. The average molecular weight is 182 g/mol. The van der Waals surface area contributed by atoms with E-state index in [1.165, 1.54) is 25.7 Å². The minimum Gasteiger partial charge on any atom is -0.327 e. The van der Waals surface area contributed by atoms with Crippen LogP contribution in [0, 0.1) is 5.92 Å². The van der Waals surface area contributed by atoms with Gasteiger partial charge in [0.25, 0.3) is 0 Å². The predicted octanol–water partition coefficient (Wildman–Crippen LogP) is 1.60. The third-order valence-electron chi connectivity index (χ3n) is 4.21. The Balaban J connectivity index is 1.98. The molecule has 2 saturated heterocycles. The molecule has 0 radical (unpaired) electrons. The highest BCUT2D eigenvalue weighted by Gasteiger charge is 2.39. The topological polar surface area (TPSA) is 29.3 Å². The van der Waals surface area contributed by atoms with Gasteiger partial charge >= 0.3 is 0 Å². The van der Waals surface area contributed by atoms with Crippen molar-refractivity contribution in [3.05, 3.63) is 0 Å². The second kappa shape index (κ2) is 3.58. The first-order valence-electron chi connectivity index (χ1n) is 5.70. The molecule has 0 aromatic heterocycles. The van der Waals surface area contributed by atoms with E-state index in [4.69, 9.17) is 5.73 Å². The molecule has 2 rings (SSSR count). The summed E-state index contributed by atoms with van der Waals surface area (Å²) in [5, 5.41) is 0. The Kier molecular flexibility index (Phi) is 2.61. The van der Waals surface area contributed by atoms with Crippen LogP contribution in [0.2, 0.25) is 0 Å². The van der Waals surface area contributed by atoms with E-state index in [0.717, 1.165) is 24.4 Å². The van der Waals surface area contributed by atoms with Gasteiger partial charge in [0.15, 0.2) is 0 Å². The van der Waals surface area contributed by atoms with Crippen LogP contribution < -0.4 is 5.73 Å². The van der Waals surface area contributed by atoms with Gasteiger partial charge in [0.2, 0.25) is 0 Å². The lowest BCUT2D eigenvalue weighted by Gasteiger charge is -2.38. The zero-order valence-electron chi connectivity index (χ0n) is 8.87. The van der Waals surface area contributed by atoms with Crippen LogP contribution in [0.15, 0.2) is 0 Å². The fourth-order valence-electron chi connectivity index (χ4n) is 3.14. The lowest BCUT2D eigenvalue weighted by atomic mass is 9.84. The van der Waals surface area contributed by atoms with E-state index in [2.05, 4.69) is 18.9 Å². The first-order valence-corrected chi connectivity index (χ1v) is 5.70. The van der Waals surface area contributed by atoms with Crippen molar-refractivity contribution < 1.29 is 0 Å². The number of hydrogen-bond donors (Lipinski definition) is 1. The summed E-state index contributed by atoms with van der Waals surface area (Å²) in [4.78, 5) is 2.58. The minimum atomic E-state index is 0.455. The fraction of sp³-hybridized carbons (Fsp3) is 1.00. The summed E-state index contributed by atoms with van der Waals surface area (Å²) in [6.45, 7) is 2.21. The standard InChI is InChI=1S/C11H22N2/c1-3-11(12)8-6-9-4-5-10(7-8)13(9)2/h8-11H,3-7,12H2,1-2H3/t8?,9?,10?,11-/m0/s1. The third kappa shape index (κ3) is 1.62. The Hall–Kier alpha value is -0.0800. The van der Waals surface area contributed by atoms with Gasteiger partial charge in [-0.2, -0.15) is 0 Å². The van der Waals surface area contributed by atoms with E-state index in [-0.39, 0.29) is 0 Å². The highest BCUT2D eigenvalue weighted by Crippen LogP contribution is 2.38. The first-order chi connectivity index (χ1) is 6.22. The first kappa shape index (κ1) is 9.47. The summed E-state index contributed by atoms with van der Waals surface area (Å²) in [6.07, 6.45) is 6.67. The van der Waals surface area contributed by atoms with Gasteiger partial charge in [-0.3, -0.25) is 0 Å². The maximum Gasteiger partial charge on any atom is 0.00989 e. The molecule has 0 aromatic carbocycles. The predicted molar refractivity (Wildman–Crippen MR) is 55.6 cm³/mol. The van der Waals surface area contributed by atoms with Gasteiger partial charge in [-0.05, 0) is 45.1 Å². The monoisotopic (exact) mass is 182 g/mol. The van der Waals surface area contributed by atoms with Gasteiger partial charge in [-0.1, -0.05) is 6.92 Å². The van der Waals surface area contributed by atoms with Crippen LogP contribution in [0.4, 0.5) is 0 Å². The van der Waals surface area contributed by atoms with Crippen molar-refractivity contribution in [2.75, 3.05) is 7.05 Å². The molecule has 2 N–H and O–H groups in total. The molecular formula is C11H22N2. The average Bonchev–Trinajstić information content (AvgIpc) is 2.42. The zero-order chi connectivity index (χ0) is 9.42. The van der Waals surface area contributed by atoms with Crippen LogP contribution in [-0.2, 0) is 0 Å². The van der Waals surface area contributed by atoms with E-state index >= 15 is 0 Å². The van der Waals surface area contributed by atoms with Crippen LogP contribution in [-0.4, -0.2) is 30.1 Å². The van der Waals surface area contributed by atoms with Crippen molar-refractivity contribution in [2.24, 2.45) is 11.7 Å². The van der Waals surface area contributed by atoms with Crippen molar-refractivity contribution >= 4 is 0 Å². The molecule has 2 nitrogen and oxygen atoms in total. The zero-order valence-corrected chi connectivity index (χ0v) is 8.87. The smallest absolute Gasteiger partial charge is 0.00989 e. The van der Waals surface area contributed by atoms with E-state index in [9.17, 15) is 0 Å². The van der Waals surface area contributed by atoms with Gasteiger partial charge in [-0.25, -0.2) is 0 Å². The third-order valence-corrected chi connectivity index (χ3v) is 4.21. The van der Waals surface area contributed by atoms with E-state index in [1.807, 2.05) is 0 Å². The number of fused-ring (bicyclic) bond motifs is 2. The second-order valence-corrected chi connectivity index (χ2v) is 4.85. The number of hydrogen-bond acceptors (Lipinski definition) is 2. The fourth-order valence-corrected chi connectivity index (χ4v) is 3.14. The summed E-state index contributed by atoms with van der Waals surface area (Å²) in [5.74, 6) is 0.804. The highest BCUT2D eigenvalue weighted by molar-refractivity contribution is 4.95. The molecule has 2 fully saturated rings. The second-order valence-electron chi connectivity index (χ2n) is 4.85. The number of nitrogens with two attached hydrogens (primary N) is 1. The normalized spacial score (nSPS) is 42.2. The van der Waals surface area contributed by atoms with Crippen LogP contribution in [0.3, 0.4) is 0 Å². The molecule has 2 aliphatic rings. The van der Waals surface area contributed by atoms with Gasteiger partial charge in [0, 0.05) is 18.1 Å². The maximum absolute atomic E-state index is 6.13. The molecule has 3 atom stereocenters. The molecule has 76 valence electrons. The SMILES string of the molecule is CC[C@H](N)C1CC2CCC(C1)N2C. The van der Waals surface area contributed by atoms with Gasteiger partial charge in [0.05, 0.1) is 0 Å². The van der Waals surface area contributed by atoms with Crippen molar-refractivity contribution in [1.29, 1.82) is 0 Å². The summed E-state index contributed by atoms with van der Waals surface area (Å²) in [6, 6.07) is 2.15. The largest absolute Gasteiger partial charge is 0.327 e. The number of nitrogens with zero attached hydrogens (tertiary/aromatic N) is 1. The van der Waals surface area contributed by atoms with E-state index < -0.39 is 0 Å². The van der Waals surface area contributed by atoms with Gasteiger partial charge < -0.3 is 10.6 Å². The van der Waals surface area contributed by atoms with Gasteiger partial charge in [-0.15, -0.1) is 0 Å². The molecule has 13 heavy (non-hydrogen) atoms.